The molecular weight excluding hydrogens is 228 g/mol. The van der Waals surface area contributed by atoms with E-state index in [0.29, 0.717) is 5.69 Å². The van der Waals surface area contributed by atoms with Crippen LogP contribution in [-0.2, 0) is 7.05 Å². The number of nitrogens with zero attached hydrogens (tertiary/aromatic N) is 2. The molecule has 0 aliphatic rings. The van der Waals surface area contributed by atoms with E-state index in [1.165, 1.54) is 7.05 Å². The van der Waals surface area contributed by atoms with Gasteiger partial charge in [-0.2, -0.15) is 5.10 Å². The summed E-state index contributed by atoms with van der Waals surface area (Å²) >= 11 is 0. The van der Waals surface area contributed by atoms with Crippen molar-refractivity contribution >= 4 is 5.97 Å². The molecule has 0 radical (unpaired) electrons. The summed E-state index contributed by atoms with van der Waals surface area (Å²) in [6, 6.07) is 0. The maximum absolute atomic E-state index is 11.0. The average Bonchev–Trinajstić information content (AvgIpc) is 2.52. The molecule has 1 heterocycles. The van der Waals surface area contributed by atoms with Crippen molar-refractivity contribution in [3.63, 3.8) is 0 Å². The van der Waals surface area contributed by atoms with E-state index in [2.05, 4.69) is 5.10 Å². The van der Waals surface area contributed by atoms with Crippen molar-refractivity contribution in [3.05, 3.63) is 17.0 Å². The fourth-order valence-corrected chi connectivity index (χ4v) is 1.76. The van der Waals surface area contributed by atoms with E-state index >= 15 is 0 Å². The molecule has 0 bridgehead atoms. The standard InChI is InChI=1S/C10H16N2O5/c1-5-7(9(15)6(14)3-4-13)8(10(16)17)12(2)11-5/h6,9,13-15H,3-4H2,1-2H3,(H,16,17). The molecule has 1 aromatic rings. The van der Waals surface area contributed by atoms with Crippen molar-refractivity contribution in [2.24, 2.45) is 7.05 Å². The molecule has 0 spiro atoms. The summed E-state index contributed by atoms with van der Waals surface area (Å²) in [6.07, 6.45) is -2.63. The van der Waals surface area contributed by atoms with E-state index in [4.69, 9.17) is 10.2 Å². The molecule has 96 valence electrons. The first-order valence-corrected chi connectivity index (χ1v) is 5.14. The number of aliphatic hydroxyl groups excluding tert-OH is 3. The SMILES string of the molecule is Cc1nn(C)c(C(=O)O)c1C(O)C(O)CCO. The Kier molecular flexibility index (Phi) is 4.22. The lowest BCUT2D eigenvalue weighted by molar-refractivity contribution is 0.00310. The van der Waals surface area contributed by atoms with Crippen LogP contribution in [0, 0.1) is 6.92 Å². The maximum atomic E-state index is 11.0. The first kappa shape index (κ1) is 13.6. The summed E-state index contributed by atoms with van der Waals surface area (Å²) in [4.78, 5) is 11.0. The molecular formula is C10H16N2O5. The van der Waals surface area contributed by atoms with Gasteiger partial charge in [0.25, 0.3) is 0 Å². The average molecular weight is 244 g/mol. The highest BCUT2D eigenvalue weighted by molar-refractivity contribution is 5.88. The molecule has 1 rings (SSSR count). The number of aryl methyl sites for hydroxylation is 2. The van der Waals surface area contributed by atoms with Crippen LogP contribution >= 0.6 is 0 Å². The van der Waals surface area contributed by atoms with E-state index in [1.807, 2.05) is 0 Å². The number of aromatic nitrogens is 2. The summed E-state index contributed by atoms with van der Waals surface area (Å²) in [5.41, 5.74) is 0.266. The lowest BCUT2D eigenvalue weighted by Gasteiger charge is -2.17. The topological polar surface area (TPSA) is 116 Å². The van der Waals surface area contributed by atoms with Gasteiger partial charge in [-0.15, -0.1) is 0 Å². The Morgan fingerprint density at radius 2 is 2.06 bits per heavy atom. The second-order valence-corrected chi connectivity index (χ2v) is 3.80. The summed E-state index contributed by atoms with van der Waals surface area (Å²) in [5, 5.41) is 41.0. The fourth-order valence-electron chi connectivity index (χ4n) is 1.76. The van der Waals surface area contributed by atoms with Crippen molar-refractivity contribution in [3.8, 4) is 0 Å². The van der Waals surface area contributed by atoms with Gasteiger partial charge in [-0.05, 0) is 13.3 Å². The van der Waals surface area contributed by atoms with Crippen molar-refractivity contribution in [2.45, 2.75) is 25.6 Å². The summed E-state index contributed by atoms with van der Waals surface area (Å²) < 4.78 is 1.14. The number of aromatic carboxylic acids is 1. The number of hydrogen-bond donors (Lipinski definition) is 4. The van der Waals surface area contributed by atoms with Crippen LogP contribution in [0.15, 0.2) is 0 Å². The smallest absolute Gasteiger partial charge is 0.354 e. The van der Waals surface area contributed by atoms with Gasteiger partial charge < -0.3 is 20.4 Å². The van der Waals surface area contributed by atoms with E-state index in [0.717, 1.165) is 4.68 Å². The van der Waals surface area contributed by atoms with E-state index < -0.39 is 18.2 Å². The minimum atomic E-state index is -1.37. The first-order valence-electron chi connectivity index (χ1n) is 5.14. The van der Waals surface area contributed by atoms with Gasteiger partial charge in [-0.3, -0.25) is 4.68 Å². The van der Waals surface area contributed by atoms with Gasteiger partial charge in [0.2, 0.25) is 0 Å². The van der Waals surface area contributed by atoms with Crippen molar-refractivity contribution in [1.29, 1.82) is 0 Å². The van der Waals surface area contributed by atoms with Crippen molar-refractivity contribution < 1.29 is 25.2 Å². The van der Waals surface area contributed by atoms with Crippen LogP contribution in [0.4, 0.5) is 0 Å². The van der Waals surface area contributed by atoms with Gasteiger partial charge in [0, 0.05) is 19.2 Å². The molecule has 4 N–H and O–H groups in total. The van der Waals surface area contributed by atoms with Crippen LogP contribution < -0.4 is 0 Å². The Bertz CT molecular complexity index is 415. The number of carboxylic acids is 1. The van der Waals surface area contributed by atoms with Gasteiger partial charge in [-0.25, -0.2) is 4.79 Å². The third-order valence-corrected chi connectivity index (χ3v) is 2.56. The zero-order valence-electron chi connectivity index (χ0n) is 9.66. The third-order valence-electron chi connectivity index (χ3n) is 2.56. The minimum absolute atomic E-state index is 0.0332. The normalized spacial score (nSPS) is 14.6. The lowest BCUT2D eigenvalue weighted by atomic mass is 10.00. The van der Waals surface area contributed by atoms with Crippen LogP contribution in [0.25, 0.3) is 0 Å². The molecule has 0 aliphatic heterocycles. The fraction of sp³-hybridized carbons (Fsp3) is 0.600. The predicted octanol–water partition coefficient (Wildman–Crippen LogP) is -0.797. The number of hydrogen-bond acceptors (Lipinski definition) is 5. The molecule has 17 heavy (non-hydrogen) atoms. The van der Waals surface area contributed by atoms with Crippen molar-refractivity contribution in [2.75, 3.05) is 6.61 Å². The highest BCUT2D eigenvalue weighted by Gasteiger charge is 2.29. The van der Waals surface area contributed by atoms with Crippen LogP contribution in [0.5, 0.6) is 0 Å². The van der Waals surface area contributed by atoms with Crippen LogP contribution in [0.3, 0.4) is 0 Å². The van der Waals surface area contributed by atoms with Crippen LogP contribution in [0.1, 0.15) is 34.3 Å². The van der Waals surface area contributed by atoms with Gasteiger partial charge in [0.05, 0.1) is 11.8 Å². The minimum Gasteiger partial charge on any atom is -0.477 e. The van der Waals surface area contributed by atoms with Gasteiger partial charge >= 0.3 is 5.97 Å². The summed E-state index contributed by atoms with van der Waals surface area (Å²) in [6.45, 7) is 1.26. The maximum Gasteiger partial charge on any atom is 0.354 e. The summed E-state index contributed by atoms with van der Waals surface area (Å²) in [5.74, 6) is -1.22. The van der Waals surface area contributed by atoms with E-state index in [1.54, 1.807) is 6.92 Å². The molecule has 2 atom stereocenters. The van der Waals surface area contributed by atoms with Gasteiger partial charge in [-0.1, -0.05) is 0 Å². The molecule has 0 aromatic carbocycles. The predicted molar refractivity (Wildman–Crippen MR) is 57.6 cm³/mol. The van der Waals surface area contributed by atoms with E-state index in [-0.39, 0.29) is 24.3 Å². The molecule has 2 unspecified atom stereocenters. The Morgan fingerprint density at radius 3 is 2.53 bits per heavy atom. The zero-order valence-corrected chi connectivity index (χ0v) is 9.66. The molecule has 0 amide bonds. The molecule has 0 saturated heterocycles. The third kappa shape index (κ3) is 2.63. The monoisotopic (exact) mass is 244 g/mol. The largest absolute Gasteiger partial charge is 0.477 e. The van der Waals surface area contributed by atoms with Crippen molar-refractivity contribution in [1.82, 2.24) is 9.78 Å². The molecule has 7 heteroatoms. The van der Waals surface area contributed by atoms with Crippen LogP contribution in [-0.4, -0.2) is 48.9 Å². The molecule has 0 fully saturated rings. The lowest BCUT2D eigenvalue weighted by Crippen LogP contribution is -2.22. The Balaban J connectivity index is 3.16. The molecule has 1 aromatic heterocycles. The van der Waals surface area contributed by atoms with Gasteiger partial charge in [0.1, 0.15) is 6.10 Å². The number of aliphatic hydroxyl groups is 3. The number of rotatable bonds is 5. The zero-order chi connectivity index (χ0) is 13.2. The number of carbonyl (C=O) groups is 1. The highest BCUT2D eigenvalue weighted by Crippen LogP contribution is 2.25. The quantitative estimate of drug-likeness (QED) is 0.539. The Labute approximate surface area is 97.9 Å². The molecule has 0 aliphatic carbocycles. The van der Waals surface area contributed by atoms with Crippen LogP contribution in [0.2, 0.25) is 0 Å². The molecule has 0 saturated carbocycles. The summed E-state index contributed by atoms with van der Waals surface area (Å²) in [7, 11) is 1.45. The Morgan fingerprint density at radius 1 is 1.47 bits per heavy atom. The first-order chi connectivity index (χ1) is 7.90. The van der Waals surface area contributed by atoms with E-state index in [9.17, 15) is 15.0 Å². The number of carboxylic acid groups (broad SMARTS) is 1. The molecule has 7 nitrogen and oxygen atoms in total. The Hall–Kier alpha value is -1.44. The highest BCUT2D eigenvalue weighted by atomic mass is 16.4. The second kappa shape index (κ2) is 5.26. The second-order valence-electron chi connectivity index (χ2n) is 3.80. The van der Waals surface area contributed by atoms with Gasteiger partial charge in [0.15, 0.2) is 5.69 Å².